The highest BCUT2D eigenvalue weighted by atomic mass is 19.1. The molecule has 14 heteroatoms. The van der Waals surface area contributed by atoms with Crippen LogP contribution in [0, 0.1) is 5.82 Å². The van der Waals surface area contributed by atoms with Gasteiger partial charge in [0.05, 0.1) is 31.4 Å². The number of methoxy groups -OCH3 is 1. The third-order valence-electron chi connectivity index (χ3n) is 11.2. The number of alkyl halides is 1. The fraction of sp³-hybridized carbons (Fsp3) is 0.514. The Bertz CT molecular complexity index is 2010. The first-order valence-corrected chi connectivity index (χ1v) is 17.9. The highest BCUT2D eigenvalue weighted by Gasteiger charge is 2.49. The number of aromatic nitrogens is 4. The van der Waals surface area contributed by atoms with Gasteiger partial charge in [0.15, 0.2) is 11.4 Å². The number of aryl methyl sites for hydroxylation is 2. The molecule has 2 aromatic heterocycles. The van der Waals surface area contributed by atoms with Crippen LogP contribution in [0.3, 0.4) is 0 Å². The lowest BCUT2D eigenvalue weighted by atomic mass is 9.95. The van der Waals surface area contributed by atoms with Crippen LogP contribution in [0.5, 0.6) is 17.5 Å². The Morgan fingerprint density at radius 1 is 1.12 bits per heavy atom. The number of ether oxygens (including phenoxy) is 2. The molecule has 2 saturated heterocycles. The van der Waals surface area contributed by atoms with E-state index >= 15 is 4.39 Å². The molecule has 2 fully saturated rings. The number of rotatable bonds is 8. The number of hydrogen-bond donors (Lipinski definition) is 2. The van der Waals surface area contributed by atoms with E-state index in [1.54, 1.807) is 32.4 Å². The zero-order chi connectivity index (χ0) is 35.4. The van der Waals surface area contributed by atoms with E-state index in [4.69, 9.17) is 19.4 Å². The van der Waals surface area contributed by atoms with E-state index in [9.17, 15) is 14.3 Å². The Hall–Kier alpha value is -4.72. The van der Waals surface area contributed by atoms with Crippen molar-refractivity contribution in [3.63, 3.8) is 0 Å². The molecule has 0 saturated carbocycles. The maximum atomic E-state index is 15.1. The quantitative estimate of drug-likeness (QED) is 0.271. The van der Waals surface area contributed by atoms with Crippen LogP contribution >= 0.6 is 0 Å². The largest absolute Gasteiger partial charge is 0.508 e. The number of phenols is 1. The third kappa shape index (κ3) is 5.77. The van der Waals surface area contributed by atoms with E-state index in [0.29, 0.717) is 76.5 Å². The number of nitrogens with zero attached hydrogens (tertiary/aromatic N) is 7. The molecule has 0 unspecified atom stereocenters. The van der Waals surface area contributed by atoms with E-state index in [-0.39, 0.29) is 34.7 Å². The molecule has 0 aliphatic carbocycles. The Morgan fingerprint density at radius 2 is 1.98 bits per heavy atom. The molecule has 6 heterocycles. The van der Waals surface area contributed by atoms with Crippen molar-refractivity contribution in [2.75, 3.05) is 56.7 Å². The smallest absolute Gasteiger partial charge is 0.318 e. The van der Waals surface area contributed by atoms with Crippen LogP contribution in [-0.2, 0) is 32.5 Å². The van der Waals surface area contributed by atoms with Gasteiger partial charge in [-0.05, 0) is 61.7 Å². The number of benzene rings is 2. The second kappa shape index (κ2) is 13.1. The normalized spacial score (nSPS) is 21.7. The summed E-state index contributed by atoms with van der Waals surface area (Å²) in [5.41, 5.74) is 3.76. The zero-order valence-corrected chi connectivity index (χ0v) is 29.3. The maximum Gasteiger partial charge on any atom is 0.318 e. The summed E-state index contributed by atoms with van der Waals surface area (Å²) in [7, 11) is 3.11. The van der Waals surface area contributed by atoms with Crippen molar-refractivity contribution in [2.45, 2.75) is 76.8 Å². The Labute approximate surface area is 295 Å². The first-order chi connectivity index (χ1) is 24.7. The summed E-state index contributed by atoms with van der Waals surface area (Å²) in [5.74, 6) is 0.697. The van der Waals surface area contributed by atoms with E-state index in [1.807, 2.05) is 11.6 Å². The number of aromatic hydroxyl groups is 1. The second-order valence-corrected chi connectivity index (χ2v) is 14.1. The minimum absolute atomic E-state index is 0.110. The van der Waals surface area contributed by atoms with E-state index in [0.717, 1.165) is 65.0 Å². The number of carbonyl (C=O) groups excluding carboxylic acids is 1. The van der Waals surface area contributed by atoms with Crippen molar-refractivity contribution in [1.82, 2.24) is 30.0 Å². The highest BCUT2D eigenvalue weighted by molar-refractivity contribution is 5.98. The molecule has 2 N–H and O–H groups in total. The van der Waals surface area contributed by atoms with E-state index in [1.165, 1.54) is 6.07 Å². The maximum absolute atomic E-state index is 15.1. The molecule has 0 radical (unpaired) electrons. The first-order valence-electron chi connectivity index (χ1n) is 17.9. The van der Waals surface area contributed by atoms with Crippen LogP contribution in [0.1, 0.15) is 65.6 Å². The predicted octanol–water partition coefficient (Wildman–Crippen LogP) is 4.53. The summed E-state index contributed by atoms with van der Waals surface area (Å²) >= 11 is 0. The highest BCUT2D eigenvalue weighted by Crippen LogP contribution is 2.42. The van der Waals surface area contributed by atoms with E-state index < -0.39 is 6.17 Å². The molecule has 0 bridgehead atoms. The summed E-state index contributed by atoms with van der Waals surface area (Å²) in [6, 6.07) is 6.78. The first kappa shape index (κ1) is 33.4. The molecule has 51 heavy (non-hydrogen) atoms. The summed E-state index contributed by atoms with van der Waals surface area (Å²) in [4.78, 5) is 29.3. The van der Waals surface area contributed by atoms with Gasteiger partial charge in [-0.3, -0.25) is 14.4 Å². The van der Waals surface area contributed by atoms with Gasteiger partial charge in [-0.2, -0.15) is 15.1 Å². The number of halogens is 2. The molecule has 4 aliphatic rings. The van der Waals surface area contributed by atoms with Crippen molar-refractivity contribution >= 4 is 28.2 Å². The number of anilines is 2. The summed E-state index contributed by atoms with van der Waals surface area (Å²) in [6.07, 6.45) is 3.27. The minimum atomic E-state index is -0.881. The lowest BCUT2D eigenvalue weighted by Gasteiger charge is -2.35. The second-order valence-electron chi connectivity index (χ2n) is 14.1. The Morgan fingerprint density at radius 3 is 2.78 bits per heavy atom. The van der Waals surface area contributed by atoms with Crippen LogP contribution in [0.15, 0.2) is 24.3 Å². The van der Waals surface area contributed by atoms with Gasteiger partial charge in [0, 0.05) is 62.4 Å². The van der Waals surface area contributed by atoms with Gasteiger partial charge >= 0.3 is 6.01 Å². The van der Waals surface area contributed by atoms with Crippen LogP contribution in [0.2, 0.25) is 0 Å². The molecule has 1 amide bonds. The SMILES string of the molecule is CCc1c(F)ccc2cc(O)cc(N3CCc4c(nc(OC[C@@]56CCCN5C[C@H](F)C6)nc4N4CCCn5nc(C(=O)NC)c(OC)c5C4)C3)c12. The van der Waals surface area contributed by atoms with Gasteiger partial charge in [0.25, 0.3) is 5.91 Å². The fourth-order valence-electron chi connectivity index (χ4n) is 8.79. The van der Waals surface area contributed by atoms with Gasteiger partial charge in [-0.1, -0.05) is 13.0 Å². The van der Waals surface area contributed by atoms with Crippen molar-refractivity contribution in [2.24, 2.45) is 0 Å². The summed E-state index contributed by atoms with van der Waals surface area (Å²) in [6.45, 7) is 6.16. The molecular weight excluding hydrogens is 658 g/mol. The molecule has 2 aromatic carbocycles. The van der Waals surface area contributed by atoms with Gasteiger partial charge in [-0.15, -0.1) is 0 Å². The Balaban J connectivity index is 1.19. The lowest BCUT2D eigenvalue weighted by molar-refractivity contribution is 0.0954. The van der Waals surface area contributed by atoms with Crippen LogP contribution in [0.4, 0.5) is 20.3 Å². The van der Waals surface area contributed by atoms with Crippen molar-refractivity contribution < 1.29 is 28.2 Å². The number of amides is 1. The van der Waals surface area contributed by atoms with Gasteiger partial charge in [0.2, 0.25) is 0 Å². The van der Waals surface area contributed by atoms with Crippen LogP contribution in [0.25, 0.3) is 10.8 Å². The van der Waals surface area contributed by atoms with Crippen molar-refractivity contribution in [3.05, 3.63) is 58.3 Å². The van der Waals surface area contributed by atoms with Crippen LogP contribution < -0.4 is 24.6 Å². The number of carbonyl (C=O) groups is 1. The molecule has 270 valence electrons. The molecule has 12 nitrogen and oxygen atoms in total. The summed E-state index contributed by atoms with van der Waals surface area (Å²) < 4.78 is 43.8. The van der Waals surface area contributed by atoms with Gasteiger partial charge in [-0.25, -0.2) is 8.78 Å². The van der Waals surface area contributed by atoms with Crippen molar-refractivity contribution in [1.29, 1.82) is 0 Å². The molecule has 4 aliphatic heterocycles. The summed E-state index contributed by atoms with van der Waals surface area (Å²) in [5, 5.41) is 19.6. The fourth-order valence-corrected chi connectivity index (χ4v) is 8.79. The third-order valence-corrected chi connectivity index (χ3v) is 11.2. The molecule has 8 rings (SSSR count). The van der Waals surface area contributed by atoms with Gasteiger partial charge < -0.3 is 29.7 Å². The average Bonchev–Trinajstić information content (AvgIpc) is 3.73. The van der Waals surface area contributed by atoms with Gasteiger partial charge in [0.1, 0.15) is 35.9 Å². The average molecular weight is 703 g/mol. The number of hydrogen-bond acceptors (Lipinski definition) is 10. The Kier molecular flexibility index (Phi) is 8.59. The zero-order valence-electron chi connectivity index (χ0n) is 29.3. The minimum Gasteiger partial charge on any atom is -0.508 e. The van der Waals surface area contributed by atoms with Crippen LogP contribution in [-0.4, -0.2) is 94.3 Å². The molecule has 4 aromatic rings. The monoisotopic (exact) mass is 702 g/mol. The predicted molar refractivity (Wildman–Crippen MR) is 188 cm³/mol. The number of fused-ring (bicyclic) bond motifs is 4. The lowest BCUT2D eigenvalue weighted by Crippen LogP contribution is -2.43. The van der Waals surface area contributed by atoms with Crippen molar-refractivity contribution in [3.8, 4) is 17.5 Å². The number of nitrogens with one attached hydrogen (secondary N) is 1. The number of phenolic OH excluding ortho intramolecular Hbond substituents is 1. The topological polar surface area (TPSA) is 121 Å². The molecule has 2 atom stereocenters. The van der Waals surface area contributed by atoms with E-state index in [2.05, 4.69) is 25.1 Å². The molecular formula is C37H44F2N8O4. The molecule has 0 spiro atoms. The standard InChI is InChI=1S/C37H44F2N8O4/c1-4-25-27(39)8-7-22-15-24(48)16-29(31(22)25)44-14-9-26-28(19-44)41-36(51-21-37-10-5-12-46(37)18-23(38)17-37)42-34(26)45-11-6-13-47-30(20-45)33(50-3)32(43-47)35(49)40-2/h7-8,15-16,23,48H,4-6,9-14,17-21H2,1-3H3,(H,40,49)/t23-,37+/m1/s1.